The molecule has 4 rings (SSSR count). The van der Waals surface area contributed by atoms with Gasteiger partial charge in [0.2, 0.25) is 5.89 Å². The summed E-state index contributed by atoms with van der Waals surface area (Å²) in [5, 5.41) is 10.8. The average molecular weight is 309 g/mol. The van der Waals surface area contributed by atoms with E-state index in [4.69, 9.17) is 4.52 Å². The van der Waals surface area contributed by atoms with Crippen molar-refractivity contribution in [2.75, 3.05) is 13.1 Å². The molecule has 1 amide bonds. The first-order valence-corrected chi connectivity index (χ1v) is 7.41. The molecule has 1 fully saturated rings. The molecule has 3 heterocycles. The van der Waals surface area contributed by atoms with E-state index in [0.717, 1.165) is 11.3 Å². The minimum Gasteiger partial charge on any atom is -0.339 e. The van der Waals surface area contributed by atoms with Gasteiger partial charge in [0.25, 0.3) is 5.91 Å². The third kappa shape index (κ3) is 2.50. The van der Waals surface area contributed by atoms with Crippen LogP contribution >= 0.6 is 0 Å². The normalized spacial score (nSPS) is 14.7. The molecule has 7 heteroatoms. The molecule has 0 unspecified atom stereocenters. The highest BCUT2D eigenvalue weighted by Gasteiger charge is 2.36. The quantitative estimate of drug-likeness (QED) is 0.799. The van der Waals surface area contributed by atoms with Crippen LogP contribution in [0.5, 0.6) is 0 Å². The Morgan fingerprint density at radius 1 is 1.30 bits per heavy atom. The molecular weight excluding hydrogens is 294 g/mol. The van der Waals surface area contributed by atoms with Crippen LogP contribution in [0.4, 0.5) is 0 Å². The summed E-state index contributed by atoms with van der Waals surface area (Å²) in [5.41, 5.74) is 2.23. The van der Waals surface area contributed by atoms with E-state index in [-0.39, 0.29) is 11.8 Å². The van der Waals surface area contributed by atoms with Crippen molar-refractivity contribution >= 4 is 5.91 Å². The molecule has 0 atom stereocenters. The summed E-state index contributed by atoms with van der Waals surface area (Å²) >= 11 is 0. The fourth-order valence-corrected chi connectivity index (χ4v) is 2.64. The second kappa shape index (κ2) is 5.35. The predicted octanol–water partition coefficient (Wildman–Crippen LogP) is 2.01. The van der Waals surface area contributed by atoms with Gasteiger partial charge in [0.1, 0.15) is 5.69 Å². The Labute approximate surface area is 132 Å². The lowest BCUT2D eigenvalue weighted by molar-refractivity contribution is 0.0563. The number of carbonyl (C=O) groups is 1. The van der Waals surface area contributed by atoms with Crippen molar-refractivity contribution in [3.8, 4) is 11.3 Å². The molecule has 1 aliphatic rings. The molecule has 0 spiro atoms. The van der Waals surface area contributed by atoms with Gasteiger partial charge in [0.15, 0.2) is 5.82 Å². The minimum atomic E-state index is -0.0628. The van der Waals surface area contributed by atoms with Gasteiger partial charge in [-0.05, 0) is 13.0 Å². The van der Waals surface area contributed by atoms with Crippen molar-refractivity contribution in [2.45, 2.75) is 12.8 Å². The monoisotopic (exact) mass is 309 g/mol. The number of hydrogen-bond acceptors (Lipinski definition) is 5. The number of likely N-dealkylation sites (tertiary alicyclic amines) is 1. The van der Waals surface area contributed by atoms with E-state index in [2.05, 4.69) is 20.3 Å². The third-order valence-electron chi connectivity index (χ3n) is 3.94. The van der Waals surface area contributed by atoms with Crippen molar-refractivity contribution in [3.05, 3.63) is 53.8 Å². The van der Waals surface area contributed by atoms with Gasteiger partial charge in [0, 0.05) is 18.7 Å². The van der Waals surface area contributed by atoms with Gasteiger partial charge in [-0.2, -0.15) is 10.1 Å². The lowest BCUT2D eigenvalue weighted by atomic mass is 9.99. The molecule has 1 aliphatic heterocycles. The Balaban J connectivity index is 1.44. The van der Waals surface area contributed by atoms with Crippen LogP contribution in [0.1, 0.15) is 28.1 Å². The molecular formula is C16H15N5O2. The number of carbonyl (C=O) groups excluding carboxylic acids is 1. The number of nitrogens with zero attached hydrogens (tertiary/aromatic N) is 4. The van der Waals surface area contributed by atoms with Gasteiger partial charge < -0.3 is 9.42 Å². The fraction of sp³-hybridized carbons (Fsp3) is 0.250. The molecule has 1 saturated heterocycles. The van der Waals surface area contributed by atoms with Crippen molar-refractivity contribution in [1.82, 2.24) is 25.2 Å². The number of nitrogens with one attached hydrogen (secondary N) is 1. The van der Waals surface area contributed by atoms with E-state index >= 15 is 0 Å². The van der Waals surface area contributed by atoms with Crippen molar-refractivity contribution in [1.29, 1.82) is 0 Å². The molecule has 0 radical (unpaired) electrons. The Morgan fingerprint density at radius 2 is 2.09 bits per heavy atom. The number of hydrogen-bond donors (Lipinski definition) is 1. The third-order valence-corrected chi connectivity index (χ3v) is 3.94. The highest BCUT2D eigenvalue weighted by molar-refractivity contribution is 5.94. The van der Waals surface area contributed by atoms with Crippen LogP contribution in [0, 0.1) is 6.92 Å². The molecule has 0 aliphatic carbocycles. The van der Waals surface area contributed by atoms with Gasteiger partial charge in [-0.1, -0.05) is 35.5 Å². The standard InChI is InChI=1S/C16H15N5O2/c1-10-17-15(23-20-10)12-8-21(9-12)16(22)14-7-13(18-19-14)11-5-3-2-4-6-11/h2-7,12H,8-9H2,1H3,(H,18,19). The summed E-state index contributed by atoms with van der Waals surface area (Å²) in [6.45, 7) is 2.95. The van der Waals surface area contributed by atoms with E-state index in [1.54, 1.807) is 17.9 Å². The maximum atomic E-state index is 12.4. The van der Waals surface area contributed by atoms with Gasteiger partial charge >= 0.3 is 0 Å². The van der Waals surface area contributed by atoms with Crippen LogP contribution in [0.2, 0.25) is 0 Å². The van der Waals surface area contributed by atoms with Gasteiger partial charge in [-0.3, -0.25) is 9.89 Å². The summed E-state index contributed by atoms with van der Waals surface area (Å²) < 4.78 is 5.14. The highest BCUT2D eigenvalue weighted by atomic mass is 16.5. The van der Waals surface area contributed by atoms with E-state index in [0.29, 0.717) is 30.5 Å². The zero-order valence-corrected chi connectivity index (χ0v) is 12.6. The topological polar surface area (TPSA) is 87.9 Å². The first-order valence-electron chi connectivity index (χ1n) is 7.41. The van der Waals surface area contributed by atoms with Crippen molar-refractivity contribution in [2.24, 2.45) is 0 Å². The second-order valence-electron chi connectivity index (χ2n) is 5.62. The molecule has 2 aromatic heterocycles. The van der Waals surface area contributed by atoms with Crippen molar-refractivity contribution < 1.29 is 9.32 Å². The average Bonchev–Trinajstić information content (AvgIpc) is 3.16. The SMILES string of the molecule is Cc1noc(C2CN(C(=O)c3cc(-c4ccccc4)n[nH]3)C2)n1. The summed E-state index contributed by atoms with van der Waals surface area (Å²) in [4.78, 5) is 18.4. The Hall–Kier alpha value is -2.96. The number of aryl methyl sites for hydroxylation is 1. The van der Waals surface area contributed by atoms with Crippen molar-refractivity contribution in [3.63, 3.8) is 0 Å². The second-order valence-corrected chi connectivity index (χ2v) is 5.62. The maximum Gasteiger partial charge on any atom is 0.271 e. The van der Waals surface area contributed by atoms with E-state index in [9.17, 15) is 4.79 Å². The number of amides is 1. The molecule has 23 heavy (non-hydrogen) atoms. The van der Waals surface area contributed by atoms with Gasteiger partial charge in [0.05, 0.1) is 11.6 Å². The molecule has 116 valence electrons. The largest absolute Gasteiger partial charge is 0.339 e. The molecule has 0 bridgehead atoms. The van der Waals surface area contributed by atoms with Gasteiger partial charge in [-0.25, -0.2) is 0 Å². The number of H-pyrrole nitrogens is 1. The summed E-state index contributed by atoms with van der Waals surface area (Å²) in [6, 6.07) is 11.5. The first-order chi connectivity index (χ1) is 11.2. The molecule has 0 saturated carbocycles. The molecule has 3 aromatic rings. The van der Waals surface area contributed by atoms with Crippen LogP contribution in [0.25, 0.3) is 11.3 Å². The lowest BCUT2D eigenvalue weighted by Crippen LogP contribution is -2.48. The Morgan fingerprint density at radius 3 is 2.78 bits per heavy atom. The number of aromatic amines is 1. The summed E-state index contributed by atoms with van der Waals surface area (Å²) in [5.74, 6) is 1.27. The summed E-state index contributed by atoms with van der Waals surface area (Å²) in [6.07, 6.45) is 0. The minimum absolute atomic E-state index is 0.0628. The number of rotatable bonds is 3. The fourth-order valence-electron chi connectivity index (χ4n) is 2.64. The molecule has 1 N–H and O–H groups in total. The van der Waals surface area contributed by atoms with Crippen LogP contribution in [-0.2, 0) is 0 Å². The Kier molecular flexibility index (Phi) is 3.18. The summed E-state index contributed by atoms with van der Waals surface area (Å²) in [7, 11) is 0. The van der Waals surface area contributed by atoms with E-state index < -0.39 is 0 Å². The van der Waals surface area contributed by atoms with E-state index in [1.807, 2.05) is 30.3 Å². The molecule has 1 aromatic carbocycles. The zero-order valence-electron chi connectivity index (χ0n) is 12.6. The number of aromatic nitrogens is 4. The lowest BCUT2D eigenvalue weighted by Gasteiger charge is -2.36. The smallest absolute Gasteiger partial charge is 0.271 e. The predicted molar refractivity (Wildman–Crippen MR) is 81.7 cm³/mol. The van der Waals surface area contributed by atoms with Gasteiger partial charge in [-0.15, -0.1) is 0 Å². The number of benzene rings is 1. The van der Waals surface area contributed by atoms with Crippen LogP contribution in [-0.4, -0.2) is 44.2 Å². The zero-order chi connectivity index (χ0) is 15.8. The Bertz CT molecular complexity index is 833. The maximum absolute atomic E-state index is 12.4. The van der Waals surface area contributed by atoms with Crippen LogP contribution in [0.15, 0.2) is 40.9 Å². The molecule has 7 nitrogen and oxygen atoms in total. The van der Waals surface area contributed by atoms with E-state index in [1.165, 1.54) is 0 Å². The first kappa shape index (κ1) is 13.7. The highest BCUT2D eigenvalue weighted by Crippen LogP contribution is 2.27. The van der Waals surface area contributed by atoms with Crippen LogP contribution < -0.4 is 0 Å². The van der Waals surface area contributed by atoms with Crippen LogP contribution in [0.3, 0.4) is 0 Å².